The molecule has 1 aliphatic rings. The molecule has 19 heavy (non-hydrogen) atoms. The first-order chi connectivity index (χ1) is 8.91. The highest BCUT2D eigenvalue weighted by Crippen LogP contribution is 2.43. The number of ether oxygens (including phenoxy) is 1. The maximum absolute atomic E-state index is 10.1. The molecular formula is C12H17NO5S. The number of thiol groups is 1. The van der Waals surface area contributed by atoms with Gasteiger partial charge in [-0.05, 0) is 6.07 Å². The Bertz CT molecular complexity index is 458. The Balaban J connectivity index is 2.44. The minimum atomic E-state index is -1.60. The molecule has 6 N–H and O–H groups in total. The second-order valence-corrected chi connectivity index (χ2v) is 5.21. The quantitative estimate of drug-likeness (QED) is 0.301. The molecule has 2 rings (SSSR count). The van der Waals surface area contributed by atoms with Gasteiger partial charge in [0.05, 0.1) is 6.61 Å². The number of aliphatic hydroxyl groups is 4. The number of nitrogens with two attached hydrogens (primary N) is 1. The van der Waals surface area contributed by atoms with Gasteiger partial charge in [-0.15, -0.1) is 12.6 Å². The van der Waals surface area contributed by atoms with Crippen LogP contribution in [0.1, 0.15) is 5.56 Å². The average Bonchev–Trinajstić information content (AvgIpc) is 2.41. The van der Waals surface area contributed by atoms with Gasteiger partial charge >= 0.3 is 0 Å². The van der Waals surface area contributed by atoms with Gasteiger partial charge in [0.15, 0.2) is 4.93 Å². The smallest absolute Gasteiger partial charge is 0.167 e. The van der Waals surface area contributed by atoms with E-state index in [0.717, 1.165) is 0 Å². The summed E-state index contributed by atoms with van der Waals surface area (Å²) in [5, 5.41) is 38.8. The molecule has 0 amide bonds. The molecule has 5 atom stereocenters. The topological polar surface area (TPSA) is 116 Å². The highest BCUT2D eigenvalue weighted by molar-refractivity contribution is 7.81. The molecule has 0 spiro atoms. The van der Waals surface area contributed by atoms with Gasteiger partial charge in [0.1, 0.15) is 24.4 Å². The Hall–Kier alpha value is -0.830. The van der Waals surface area contributed by atoms with Crippen LogP contribution in [0.4, 0.5) is 5.69 Å². The summed E-state index contributed by atoms with van der Waals surface area (Å²) < 4.78 is 5.46. The predicted molar refractivity (Wildman–Crippen MR) is 71.5 cm³/mol. The Labute approximate surface area is 115 Å². The molecule has 0 aromatic heterocycles. The first-order valence-electron chi connectivity index (χ1n) is 5.82. The second-order valence-electron chi connectivity index (χ2n) is 4.55. The zero-order chi connectivity index (χ0) is 14.2. The Kier molecular flexibility index (Phi) is 4.05. The van der Waals surface area contributed by atoms with Crippen molar-refractivity contribution in [2.45, 2.75) is 29.3 Å². The van der Waals surface area contributed by atoms with Crippen LogP contribution in [0, 0.1) is 0 Å². The van der Waals surface area contributed by atoms with Crippen molar-refractivity contribution in [2.24, 2.45) is 0 Å². The highest BCUT2D eigenvalue weighted by atomic mass is 32.1. The van der Waals surface area contributed by atoms with E-state index in [1.54, 1.807) is 24.3 Å². The van der Waals surface area contributed by atoms with Gasteiger partial charge in [-0.3, -0.25) is 0 Å². The molecule has 7 heteroatoms. The molecule has 0 radical (unpaired) electrons. The number of aliphatic hydroxyl groups excluding tert-OH is 4. The first-order valence-corrected chi connectivity index (χ1v) is 6.26. The van der Waals surface area contributed by atoms with E-state index in [1.807, 2.05) is 0 Å². The van der Waals surface area contributed by atoms with E-state index in [9.17, 15) is 20.4 Å². The number of nitrogen functional groups attached to an aromatic ring is 1. The molecule has 0 unspecified atom stereocenters. The second kappa shape index (κ2) is 5.28. The number of para-hydroxylation sites is 1. The van der Waals surface area contributed by atoms with E-state index in [0.29, 0.717) is 11.3 Å². The molecule has 0 aliphatic carbocycles. The van der Waals surface area contributed by atoms with E-state index < -0.39 is 36.0 Å². The molecule has 1 saturated heterocycles. The van der Waals surface area contributed by atoms with E-state index in [1.165, 1.54) is 0 Å². The van der Waals surface area contributed by atoms with Gasteiger partial charge in [-0.25, -0.2) is 0 Å². The minimum Gasteiger partial charge on any atom is -0.398 e. The molecule has 6 nitrogen and oxygen atoms in total. The molecule has 0 bridgehead atoms. The predicted octanol–water partition coefficient (Wildman–Crippen LogP) is -1.17. The van der Waals surface area contributed by atoms with Crippen LogP contribution in [0.3, 0.4) is 0 Å². The van der Waals surface area contributed by atoms with E-state index >= 15 is 0 Å². The van der Waals surface area contributed by atoms with Crippen LogP contribution in [0.25, 0.3) is 0 Å². The fourth-order valence-electron chi connectivity index (χ4n) is 2.20. The van der Waals surface area contributed by atoms with Crippen molar-refractivity contribution in [1.29, 1.82) is 0 Å². The third-order valence-corrected chi connectivity index (χ3v) is 3.92. The van der Waals surface area contributed by atoms with Gasteiger partial charge in [0.25, 0.3) is 0 Å². The van der Waals surface area contributed by atoms with Crippen LogP contribution in [-0.4, -0.2) is 51.4 Å². The molecule has 0 saturated carbocycles. The van der Waals surface area contributed by atoms with E-state index in [2.05, 4.69) is 12.6 Å². The maximum Gasteiger partial charge on any atom is 0.167 e. The third-order valence-electron chi connectivity index (χ3n) is 3.31. The Morgan fingerprint density at radius 2 is 1.84 bits per heavy atom. The zero-order valence-electron chi connectivity index (χ0n) is 10.0. The third kappa shape index (κ3) is 2.33. The summed E-state index contributed by atoms with van der Waals surface area (Å²) in [5.74, 6) is 0. The minimum absolute atomic E-state index is 0.330. The zero-order valence-corrected chi connectivity index (χ0v) is 10.9. The van der Waals surface area contributed by atoms with Crippen LogP contribution < -0.4 is 5.73 Å². The summed E-state index contributed by atoms with van der Waals surface area (Å²) >= 11 is 4.28. The van der Waals surface area contributed by atoms with Gasteiger partial charge in [-0.1, -0.05) is 18.2 Å². The SMILES string of the molecule is Nc1ccccc1[C@@]1(S)O[C@H](CO)[C@H](O)[C@H](O)[C@H]1O. The normalized spacial score (nSPS) is 39.2. The summed E-state index contributed by atoms with van der Waals surface area (Å²) in [4.78, 5) is -1.60. The van der Waals surface area contributed by atoms with Gasteiger partial charge in [0, 0.05) is 11.3 Å². The highest BCUT2D eigenvalue weighted by Gasteiger charge is 2.52. The summed E-state index contributed by atoms with van der Waals surface area (Å²) in [7, 11) is 0. The first kappa shape index (κ1) is 14.6. The van der Waals surface area contributed by atoms with Crippen LogP contribution in [0.2, 0.25) is 0 Å². The summed E-state index contributed by atoms with van der Waals surface area (Å²) in [5.41, 5.74) is 6.52. The molecule has 1 heterocycles. The molecule has 1 aromatic rings. The fourth-order valence-corrected chi connectivity index (χ4v) is 2.69. The van der Waals surface area contributed by atoms with Crippen molar-refractivity contribution in [1.82, 2.24) is 0 Å². The van der Waals surface area contributed by atoms with Crippen LogP contribution in [0.15, 0.2) is 24.3 Å². The van der Waals surface area contributed by atoms with Crippen molar-refractivity contribution >= 4 is 18.3 Å². The fraction of sp³-hybridized carbons (Fsp3) is 0.500. The van der Waals surface area contributed by atoms with Crippen LogP contribution in [0.5, 0.6) is 0 Å². The van der Waals surface area contributed by atoms with E-state index in [-0.39, 0.29) is 0 Å². The Morgan fingerprint density at radius 3 is 2.42 bits per heavy atom. The number of anilines is 1. The van der Waals surface area contributed by atoms with Crippen molar-refractivity contribution in [3.05, 3.63) is 29.8 Å². The molecular weight excluding hydrogens is 270 g/mol. The lowest BCUT2D eigenvalue weighted by Gasteiger charge is -2.46. The lowest BCUT2D eigenvalue weighted by atomic mass is 9.90. The summed E-state index contributed by atoms with van der Waals surface area (Å²) in [6, 6.07) is 6.60. The number of hydrogen-bond acceptors (Lipinski definition) is 7. The average molecular weight is 287 g/mol. The monoisotopic (exact) mass is 287 g/mol. The van der Waals surface area contributed by atoms with Crippen molar-refractivity contribution in [2.75, 3.05) is 12.3 Å². The lowest BCUT2D eigenvalue weighted by molar-refractivity contribution is -0.245. The van der Waals surface area contributed by atoms with Crippen molar-refractivity contribution < 1.29 is 25.2 Å². The van der Waals surface area contributed by atoms with Crippen molar-refractivity contribution in [3.8, 4) is 0 Å². The van der Waals surface area contributed by atoms with Gasteiger partial charge < -0.3 is 30.9 Å². The number of benzene rings is 1. The molecule has 106 valence electrons. The van der Waals surface area contributed by atoms with Gasteiger partial charge in [-0.2, -0.15) is 0 Å². The number of rotatable bonds is 2. The standard InChI is InChI=1S/C12H17NO5S/c13-7-4-2-1-3-6(7)12(19)11(17)10(16)9(15)8(5-14)18-12/h1-4,8-11,14-17,19H,5,13H2/t8-,9+,10+,11-,12+/m1/s1. The Morgan fingerprint density at radius 1 is 1.21 bits per heavy atom. The van der Waals surface area contributed by atoms with Crippen LogP contribution in [-0.2, 0) is 9.67 Å². The van der Waals surface area contributed by atoms with E-state index in [4.69, 9.17) is 10.5 Å². The lowest BCUT2D eigenvalue weighted by Crippen LogP contribution is -2.61. The number of hydrogen-bond donors (Lipinski definition) is 6. The van der Waals surface area contributed by atoms with Gasteiger partial charge in [0.2, 0.25) is 0 Å². The molecule has 1 aromatic carbocycles. The summed E-state index contributed by atoms with van der Waals surface area (Å²) in [6.45, 7) is -0.514. The molecule has 1 fully saturated rings. The van der Waals surface area contributed by atoms with Crippen LogP contribution >= 0.6 is 12.6 Å². The van der Waals surface area contributed by atoms with Crippen molar-refractivity contribution in [3.63, 3.8) is 0 Å². The molecule has 1 aliphatic heterocycles. The summed E-state index contributed by atoms with van der Waals surface area (Å²) in [6.07, 6.45) is -5.44. The maximum atomic E-state index is 10.1. The largest absolute Gasteiger partial charge is 0.398 e.